The van der Waals surface area contributed by atoms with Crippen LogP contribution in [0.3, 0.4) is 0 Å². The van der Waals surface area contributed by atoms with E-state index >= 15 is 0 Å². The van der Waals surface area contributed by atoms with E-state index in [0.29, 0.717) is 19.7 Å². The second-order valence-electron chi connectivity index (χ2n) is 5.83. The van der Waals surface area contributed by atoms with Gasteiger partial charge in [0, 0.05) is 19.6 Å². The fourth-order valence-electron chi connectivity index (χ4n) is 2.56. The molecule has 0 radical (unpaired) electrons. The van der Waals surface area contributed by atoms with Gasteiger partial charge in [0.25, 0.3) is 0 Å². The Morgan fingerprint density at radius 2 is 2.25 bits per heavy atom. The molecule has 0 aliphatic heterocycles. The van der Waals surface area contributed by atoms with Crippen LogP contribution >= 0.6 is 0 Å². The minimum absolute atomic E-state index is 0.322. The van der Waals surface area contributed by atoms with Crippen LogP contribution in [0.1, 0.15) is 24.8 Å². The Hall–Kier alpha value is -1.10. The molecule has 4 nitrogen and oxygen atoms in total. The van der Waals surface area contributed by atoms with Crippen molar-refractivity contribution in [3.8, 4) is 5.75 Å². The molecule has 0 heterocycles. The van der Waals surface area contributed by atoms with Crippen LogP contribution < -0.4 is 10.5 Å². The Morgan fingerprint density at radius 1 is 1.45 bits per heavy atom. The molecule has 0 bridgehead atoms. The quantitative estimate of drug-likeness (QED) is 0.758. The third kappa shape index (κ3) is 4.78. The van der Waals surface area contributed by atoms with Crippen molar-refractivity contribution in [1.82, 2.24) is 4.90 Å². The number of ether oxygens (including phenoxy) is 1. The van der Waals surface area contributed by atoms with Crippen molar-refractivity contribution in [3.63, 3.8) is 0 Å². The van der Waals surface area contributed by atoms with Crippen molar-refractivity contribution in [3.05, 3.63) is 29.8 Å². The highest BCUT2D eigenvalue weighted by Gasteiger charge is 2.20. The summed E-state index contributed by atoms with van der Waals surface area (Å²) in [5, 5.41) is 10.0. The first-order valence-electron chi connectivity index (χ1n) is 7.46. The summed E-state index contributed by atoms with van der Waals surface area (Å²) >= 11 is 0. The summed E-state index contributed by atoms with van der Waals surface area (Å²) in [6, 6.07) is 7.71. The number of hydrogen-bond donors (Lipinski definition) is 2. The number of hydrogen-bond acceptors (Lipinski definition) is 4. The zero-order valence-corrected chi connectivity index (χ0v) is 12.3. The average Bonchev–Trinajstić information content (AvgIpc) is 2.41. The number of aliphatic hydroxyl groups excluding tert-OH is 1. The normalized spacial score (nSPS) is 17.0. The van der Waals surface area contributed by atoms with Crippen molar-refractivity contribution < 1.29 is 9.84 Å². The van der Waals surface area contributed by atoms with Crippen molar-refractivity contribution >= 4 is 0 Å². The predicted octanol–water partition coefficient (Wildman–Crippen LogP) is 1.62. The summed E-state index contributed by atoms with van der Waals surface area (Å²) in [5.74, 6) is 1.60. The lowest BCUT2D eigenvalue weighted by molar-refractivity contribution is 0.0665. The number of aliphatic hydroxyl groups is 1. The van der Waals surface area contributed by atoms with E-state index in [1.165, 1.54) is 19.3 Å². The monoisotopic (exact) mass is 278 g/mol. The molecule has 1 aliphatic carbocycles. The van der Waals surface area contributed by atoms with E-state index in [1.54, 1.807) is 0 Å². The van der Waals surface area contributed by atoms with Crippen molar-refractivity contribution in [2.24, 2.45) is 11.7 Å². The van der Waals surface area contributed by atoms with Crippen LogP contribution in [0.4, 0.5) is 0 Å². The highest BCUT2D eigenvalue weighted by atomic mass is 16.5. The number of benzene rings is 1. The highest BCUT2D eigenvalue weighted by Crippen LogP contribution is 2.26. The van der Waals surface area contributed by atoms with Gasteiger partial charge in [-0.2, -0.15) is 0 Å². The van der Waals surface area contributed by atoms with Crippen molar-refractivity contribution in [2.45, 2.75) is 31.9 Å². The second kappa shape index (κ2) is 7.62. The summed E-state index contributed by atoms with van der Waals surface area (Å²) in [7, 11) is 2.07. The molecule has 1 aliphatic rings. The van der Waals surface area contributed by atoms with Gasteiger partial charge >= 0.3 is 0 Å². The average molecular weight is 278 g/mol. The van der Waals surface area contributed by atoms with Crippen molar-refractivity contribution in [2.75, 3.05) is 26.7 Å². The first-order valence-corrected chi connectivity index (χ1v) is 7.46. The SMILES string of the molecule is CN(CC(O)COc1cccc(CN)c1)CC1CCC1. The van der Waals surface area contributed by atoms with E-state index in [1.807, 2.05) is 24.3 Å². The van der Waals surface area contributed by atoms with E-state index in [4.69, 9.17) is 10.5 Å². The zero-order chi connectivity index (χ0) is 14.4. The van der Waals surface area contributed by atoms with Gasteiger partial charge < -0.3 is 20.5 Å². The lowest BCUT2D eigenvalue weighted by Gasteiger charge is -2.31. The number of nitrogens with two attached hydrogens (primary N) is 1. The van der Waals surface area contributed by atoms with Gasteiger partial charge in [0.2, 0.25) is 0 Å². The van der Waals surface area contributed by atoms with Crippen LogP contribution in [0.2, 0.25) is 0 Å². The molecule has 0 amide bonds. The minimum Gasteiger partial charge on any atom is -0.491 e. The summed E-state index contributed by atoms with van der Waals surface area (Å²) in [4.78, 5) is 2.20. The molecule has 0 spiro atoms. The van der Waals surface area contributed by atoms with Gasteiger partial charge in [0.15, 0.2) is 0 Å². The van der Waals surface area contributed by atoms with Crippen LogP contribution in [-0.4, -0.2) is 42.9 Å². The lowest BCUT2D eigenvalue weighted by Crippen LogP contribution is -2.37. The van der Waals surface area contributed by atoms with Crippen LogP contribution in [-0.2, 0) is 6.54 Å². The third-order valence-electron chi connectivity index (χ3n) is 3.89. The molecule has 1 aromatic carbocycles. The lowest BCUT2D eigenvalue weighted by atomic mass is 9.85. The van der Waals surface area contributed by atoms with Crippen LogP contribution in [0, 0.1) is 5.92 Å². The first kappa shape index (κ1) is 15.3. The standard InChI is InChI=1S/C16H26N2O2/c1-18(10-13-4-2-5-13)11-15(19)12-20-16-7-3-6-14(8-16)9-17/h3,6-8,13,15,19H,2,4-5,9-12,17H2,1H3. The van der Waals surface area contributed by atoms with E-state index < -0.39 is 6.10 Å². The van der Waals surface area contributed by atoms with Crippen LogP contribution in [0.5, 0.6) is 5.75 Å². The maximum Gasteiger partial charge on any atom is 0.119 e. The van der Waals surface area contributed by atoms with Gasteiger partial charge in [0.1, 0.15) is 18.5 Å². The molecule has 3 N–H and O–H groups in total. The molecule has 1 unspecified atom stereocenters. The molecule has 0 saturated heterocycles. The molecule has 1 saturated carbocycles. The highest BCUT2D eigenvalue weighted by molar-refractivity contribution is 5.28. The van der Waals surface area contributed by atoms with E-state index in [9.17, 15) is 5.11 Å². The largest absolute Gasteiger partial charge is 0.491 e. The summed E-state index contributed by atoms with van der Waals surface area (Å²) in [5.41, 5.74) is 6.63. The van der Waals surface area contributed by atoms with Gasteiger partial charge in [-0.15, -0.1) is 0 Å². The van der Waals surface area contributed by atoms with Gasteiger partial charge in [-0.05, 0) is 43.5 Å². The maximum atomic E-state index is 10.0. The molecule has 1 fully saturated rings. The first-order chi connectivity index (χ1) is 9.67. The van der Waals surface area contributed by atoms with Crippen molar-refractivity contribution in [1.29, 1.82) is 0 Å². The Labute approximate surface area is 121 Å². The van der Waals surface area contributed by atoms with E-state index in [2.05, 4.69) is 11.9 Å². The fraction of sp³-hybridized carbons (Fsp3) is 0.625. The molecule has 1 atom stereocenters. The summed E-state index contributed by atoms with van der Waals surface area (Å²) < 4.78 is 5.62. The maximum absolute atomic E-state index is 10.0. The smallest absolute Gasteiger partial charge is 0.119 e. The zero-order valence-electron chi connectivity index (χ0n) is 12.3. The molecular weight excluding hydrogens is 252 g/mol. The topological polar surface area (TPSA) is 58.7 Å². The third-order valence-corrected chi connectivity index (χ3v) is 3.89. The number of likely N-dealkylation sites (N-methyl/N-ethyl adjacent to an activating group) is 1. The Kier molecular flexibility index (Phi) is 5.83. The molecule has 0 aromatic heterocycles. The van der Waals surface area contributed by atoms with E-state index in [-0.39, 0.29) is 0 Å². The van der Waals surface area contributed by atoms with Crippen LogP contribution in [0.25, 0.3) is 0 Å². The van der Waals surface area contributed by atoms with Gasteiger partial charge in [-0.25, -0.2) is 0 Å². The molecular formula is C16H26N2O2. The summed E-state index contributed by atoms with van der Waals surface area (Å²) in [6.45, 7) is 2.57. The fourth-order valence-corrected chi connectivity index (χ4v) is 2.56. The molecule has 1 aromatic rings. The van der Waals surface area contributed by atoms with Gasteiger partial charge in [0.05, 0.1) is 0 Å². The van der Waals surface area contributed by atoms with E-state index in [0.717, 1.165) is 23.8 Å². The second-order valence-corrected chi connectivity index (χ2v) is 5.83. The van der Waals surface area contributed by atoms with Gasteiger partial charge in [-0.3, -0.25) is 0 Å². The number of nitrogens with zero attached hydrogens (tertiary/aromatic N) is 1. The minimum atomic E-state index is -0.457. The Bertz CT molecular complexity index is 407. The van der Waals surface area contributed by atoms with Gasteiger partial charge in [-0.1, -0.05) is 18.6 Å². The molecule has 112 valence electrons. The molecule has 4 heteroatoms. The summed E-state index contributed by atoms with van der Waals surface area (Å²) in [6.07, 6.45) is 3.58. The Morgan fingerprint density at radius 3 is 2.90 bits per heavy atom. The predicted molar refractivity (Wildman–Crippen MR) is 80.7 cm³/mol. The molecule has 2 rings (SSSR count). The molecule has 20 heavy (non-hydrogen) atoms. The van der Waals surface area contributed by atoms with Crippen LogP contribution in [0.15, 0.2) is 24.3 Å². The number of rotatable bonds is 8. The Balaban J connectivity index is 1.69.